The Balaban J connectivity index is 1.52. The summed E-state index contributed by atoms with van der Waals surface area (Å²) in [7, 11) is 1.91. The van der Waals surface area contributed by atoms with E-state index in [1.54, 1.807) is 4.68 Å². The Morgan fingerprint density at radius 3 is 2.95 bits per heavy atom. The van der Waals surface area contributed by atoms with Crippen LogP contribution in [-0.2, 0) is 18.3 Å². The van der Waals surface area contributed by atoms with E-state index in [4.69, 9.17) is 0 Å². The van der Waals surface area contributed by atoms with Gasteiger partial charge in [0.05, 0.1) is 6.20 Å². The molecule has 1 aromatic rings. The molecule has 1 aliphatic carbocycles. The summed E-state index contributed by atoms with van der Waals surface area (Å²) in [4.78, 5) is 14.6. The Hall–Kier alpha value is -1.36. The number of nitrogens with zero attached hydrogens (tertiary/aromatic N) is 3. The predicted molar refractivity (Wildman–Crippen MR) is 77.3 cm³/mol. The third-order valence-electron chi connectivity index (χ3n) is 4.27. The highest BCUT2D eigenvalue weighted by molar-refractivity contribution is 5.77. The highest BCUT2D eigenvalue weighted by atomic mass is 16.2. The van der Waals surface area contributed by atoms with Crippen LogP contribution in [0.15, 0.2) is 12.4 Å². The van der Waals surface area contributed by atoms with Gasteiger partial charge in [0.15, 0.2) is 0 Å². The highest BCUT2D eigenvalue weighted by Crippen LogP contribution is 2.28. The van der Waals surface area contributed by atoms with E-state index in [-0.39, 0.29) is 0 Å². The van der Waals surface area contributed by atoms with Crippen molar-refractivity contribution in [3.05, 3.63) is 18.0 Å². The first-order valence-corrected chi connectivity index (χ1v) is 7.73. The zero-order valence-electron chi connectivity index (χ0n) is 12.2. The number of nitrogens with one attached hydrogen (secondary N) is 1. The molecule has 1 saturated heterocycles. The van der Waals surface area contributed by atoms with Crippen molar-refractivity contribution in [2.24, 2.45) is 7.05 Å². The lowest BCUT2D eigenvalue weighted by Crippen LogP contribution is -2.42. The van der Waals surface area contributed by atoms with Crippen molar-refractivity contribution in [1.29, 1.82) is 0 Å². The normalized spacial score (nSPS) is 22.1. The SMILES string of the molecule is Cn1cc(CCC(=O)N(C[C@H]2CCCN2)C2CC2)cn1. The van der Waals surface area contributed by atoms with E-state index in [0.717, 1.165) is 25.1 Å². The van der Waals surface area contributed by atoms with Crippen LogP contribution in [0.3, 0.4) is 0 Å². The minimum atomic E-state index is 0.310. The van der Waals surface area contributed by atoms with Crippen molar-refractivity contribution in [3.63, 3.8) is 0 Å². The lowest BCUT2D eigenvalue weighted by atomic mass is 10.1. The summed E-state index contributed by atoms with van der Waals surface area (Å²) >= 11 is 0. The van der Waals surface area contributed by atoms with E-state index in [2.05, 4.69) is 15.3 Å². The van der Waals surface area contributed by atoms with Crippen LogP contribution in [0.2, 0.25) is 0 Å². The molecule has 2 heterocycles. The van der Waals surface area contributed by atoms with Gasteiger partial charge in [-0.25, -0.2) is 0 Å². The molecule has 20 heavy (non-hydrogen) atoms. The van der Waals surface area contributed by atoms with Crippen LogP contribution in [-0.4, -0.2) is 45.8 Å². The van der Waals surface area contributed by atoms with Crippen molar-refractivity contribution < 1.29 is 4.79 Å². The Morgan fingerprint density at radius 1 is 1.50 bits per heavy atom. The number of hydrogen-bond donors (Lipinski definition) is 1. The fourth-order valence-corrected chi connectivity index (χ4v) is 2.99. The van der Waals surface area contributed by atoms with Gasteiger partial charge in [-0.2, -0.15) is 5.10 Å². The minimum Gasteiger partial charge on any atom is -0.338 e. The standard InChI is InChI=1S/C15H24N4O/c1-18-10-12(9-17-18)4-7-15(20)19(14-5-6-14)11-13-3-2-8-16-13/h9-10,13-14,16H,2-8,11H2,1H3/t13-/m1/s1. The highest BCUT2D eigenvalue weighted by Gasteiger charge is 2.34. The van der Waals surface area contributed by atoms with Gasteiger partial charge < -0.3 is 10.2 Å². The number of aryl methyl sites for hydroxylation is 2. The van der Waals surface area contributed by atoms with Gasteiger partial charge in [-0.05, 0) is 44.2 Å². The van der Waals surface area contributed by atoms with Gasteiger partial charge in [0, 0.05) is 38.3 Å². The van der Waals surface area contributed by atoms with Crippen LogP contribution in [0.5, 0.6) is 0 Å². The van der Waals surface area contributed by atoms with E-state index in [1.807, 2.05) is 19.4 Å². The largest absolute Gasteiger partial charge is 0.338 e. The van der Waals surface area contributed by atoms with Crippen LogP contribution in [0, 0.1) is 0 Å². The quantitative estimate of drug-likeness (QED) is 0.846. The molecule has 1 amide bonds. The monoisotopic (exact) mass is 276 g/mol. The molecule has 3 rings (SSSR count). The van der Waals surface area contributed by atoms with Crippen molar-refractivity contribution in [3.8, 4) is 0 Å². The number of rotatable bonds is 6. The lowest BCUT2D eigenvalue weighted by Gasteiger charge is -2.26. The second-order valence-electron chi connectivity index (χ2n) is 6.09. The Bertz CT molecular complexity index is 460. The topological polar surface area (TPSA) is 50.2 Å². The first-order chi connectivity index (χ1) is 9.72. The van der Waals surface area contributed by atoms with Gasteiger partial charge in [-0.15, -0.1) is 0 Å². The molecule has 5 heteroatoms. The summed E-state index contributed by atoms with van der Waals surface area (Å²) in [5.74, 6) is 0.310. The molecule has 2 fully saturated rings. The summed E-state index contributed by atoms with van der Waals surface area (Å²) in [6.07, 6.45) is 10.1. The van der Waals surface area contributed by atoms with E-state index < -0.39 is 0 Å². The van der Waals surface area contributed by atoms with Gasteiger partial charge in [0.2, 0.25) is 5.91 Å². The summed E-state index contributed by atoms with van der Waals surface area (Å²) in [6.45, 7) is 2.00. The summed E-state index contributed by atoms with van der Waals surface area (Å²) in [5, 5.41) is 7.65. The van der Waals surface area contributed by atoms with E-state index in [1.165, 1.54) is 25.7 Å². The molecule has 1 saturated carbocycles. The van der Waals surface area contributed by atoms with Gasteiger partial charge >= 0.3 is 0 Å². The maximum Gasteiger partial charge on any atom is 0.223 e. The zero-order chi connectivity index (χ0) is 13.9. The van der Waals surface area contributed by atoms with Crippen molar-refractivity contribution in [2.75, 3.05) is 13.1 Å². The molecule has 0 aromatic carbocycles. The molecule has 2 aliphatic rings. The van der Waals surface area contributed by atoms with Gasteiger partial charge in [-0.3, -0.25) is 9.48 Å². The number of amides is 1. The number of carbonyl (C=O) groups excluding carboxylic acids is 1. The zero-order valence-corrected chi connectivity index (χ0v) is 12.2. The fraction of sp³-hybridized carbons (Fsp3) is 0.733. The lowest BCUT2D eigenvalue weighted by molar-refractivity contribution is -0.132. The molecule has 1 atom stereocenters. The molecule has 1 aromatic heterocycles. The first-order valence-electron chi connectivity index (χ1n) is 7.73. The molecule has 5 nitrogen and oxygen atoms in total. The van der Waals surface area contributed by atoms with Crippen LogP contribution in [0.4, 0.5) is 0 Å². The second kappa shape index (κ2) is 5.95. The summed E-state index contributed by atoms with van der Waals surface area (Å²) < 4.78 is 1.79. The molecule has 1 aliphatic heterocycles. The Kier molecular flexibility index (Phi) is 4.05. The number of carbonyl (C=O) groups is 1. The van der Waals surface area contributed by atoms with Crippen molar-refractivity contribution in [2.45, 2.75) is 50.6 Å². The predicted octanol–water partition coefficient (Wildman–Crippen LogP) is 1.10. The van der Waals surface area contributed by atoms with Gasteiger partial charge in [-0.1, -0.05) is 0 Å². The van der Waals surface area contributed by atoms with E-state index in [0.29, 0.717) is 24.4 Å². The third-order valence-corrected chi connectivity index (χ3v) is 4.27. The molecule has 0 unspecified atom stereocenters. The van der Waals surface area contributed by atoms with Gasteiger partial charge in [0.1, 0.15) is 0 Å². The average molecular weight is 276 g/mol. The van der Waals surface area contributed by atoms with Crippen LogP contribution in [0.25, 0.3) is 0 Å². The van der Waals surface area contributed by atoms with Crippen LogP contribution in [0.1, 0.15) is 37.7 Å². The fourth-order valence-electron chi connectivity index (χ4n) is 2.99. The maximum absolute atomic E-state index is 12.5. The number of aromatic nitrogens is 2. The molecule has 0 bridgehead atoms. The van der Waals surface area contributed by atoms with E-state index in [9.17, 15) is 4.79 Å². The molecular formula is C15H24N4O. The second-order valence-corrected chi connectivity index (χ2v) is 6.09. The molecule has 110 valence electrons. The minimum absolute atomic E-state index is 0.310. The van der Waals surface area contributed by atoms with Crippen LogP contribution < -0.4 is 5.32 Å². The third kappa shape index (κ3) is 3.39. The summed E-state index contributed by atoms with van der Waals surface area (Å²) in [6, 6.07) is 1.02. The average Bonchev–Trinajstić information content (AvgIpc) is 2.97. The Labute approximate surface area is 120 Å². The molecular weight excluding hydrogens is 252 g/mol. The first kappa shape index (κ1) is 13.6. The maximum atomic E-state index is 12.5. The van der Waals surface area contributed by atoms with Crippen molar-refractivity contribution in [1.82, 2.24) is 20.0 Å². The smallest absolute Gasteiger partial charge is 0.223 e. The Morgan fingerprint density at radius 2 is 2.35 bits per heavy atom. The van der Waals surface area contributed by atoms with Crippen molar-refractivity contribution >= 4 is 5.91 Å². The van der Waals surface area contributed by atoms with E-state index >= 15 is 0 Å². The molecule has 1 N–H and O–H groups in total. The van der Waals surface area contributed by atoms with Gasteiger partial charge in [0.25, 0.3) is 0 Å². The number of hydrogen-bond acceptors (Lipinski definition) is 3. The molecule has 0 radical (unpaired) electrons. The van der Waals surface area contributed by atoms with Crippen LogP contribution >= 0.6 is 0 Å². The summed E-state index contributed by atoms with van der Waals surface area (Å²) in [5.41, 5.74) is 1.15. The molecule has 0 spiro atoms.